The molecule has 0 aliphatic rings. The fourth-order valence-corrected chi connectivity index (χ4v) is 2.81. The third-order valence-electron chi connectivity index (χ3n) is 4.94. The highest BCUT2D eigenvalue weighted by Gasteiger charge is 2.27. The van der Waals surface area contributed by atoms with Crippen LogP contribution in [0.3, 0.4) is 0 Å². The van der Waals surface area contributed by atoms with Crippen molar-refractivity contribution in [2.75, 3.05) is 7.11 Å². The molecule has 196 valence electrons. The number of ether oxygens (including phenoxy) is 2. The molecule has 0 unspecified atom stereocenters. The van der Waals surface area contributed by atoms with Gasteiger partial charge in [-0.15, -0.1) is 0 Å². The summed E-state index contributed by atoms with van der Waals surface area (Å²) in [6.45, 7) is 5.16. The molecule has 0 aliphatic heterocycles. The molecule has 0 radical (unpaired) electrons. The quantitative estimate of drug-likeness (QED) is 0.162. The average molecular weight is 489 g/mol. The van der Waals surface area contributed by atoms with Crippen LogP contribution in [0.5, 0.6) is 0 Å². The monoisotopic (exact) mass is 488 g/mol. The van der Waals surface area contributed by atoms with Crippen molar-refractivity contribution in [1.29, 1.82) is 0 Å². The van der Waals surface area contributed by atoms with E-state index in [0.717, 1.165) is 38.5 Å². The number of methoxy groups -OCH3 is 1. The molecule has 0 saturated heterocycles. The second kappa shape index (κ2) is 21.6. The summed E-state index contributed by atoms with van der Waals surface area (Å²) in [5.41, 5.74) is 5.64. The zero-order valence-electron chi connectivity index (χ0n) is 21.8. The first-order valence-corrected chi connectivity index (χ1v) is 12.4. The van der Waals surface area contributed by atoms with Crippen LogP contribution in [-0.4, -0.2) is 43.1 Å². The molecule has 0 fully saturated rings. The highest BCUT2D eigenvalue weighted by atomic mass is 16.6. The van der Waals surface area contributed by atoms with Crippen molar-refractivity contribution >= 4 is 17.8 Å². The maximum atomic E-state index is 12.1. The summed E-state index contributed by atoms with van der Waals surface area (Å²) < 4.78 is 9.65. The minimum absolute atomic E-state index is 0.230. The van der Waals surface area contributed by atoms with Crippen molar-refractivity contribution in [1.82, 2.24) is 5.32 Å². The Morgan fingerprint density at radius 2 is 1.29 bits per heavy atom. The Bertz CT molecular complexity index is 752. The van der Waals surface area contributed by atoms with Crippen LogP contribution < -0.4 is 11.1 Å². The molecule has 7 heteroatoms. The number of carbonyl (C=O) groups excluding carboxylic acids is 3. The van der Waals surface area contributed by atoms with Crippen LogP contribution in [0.4, 0.5) is 0 Å². The number of allylic oxidation sites excluding steroid dienone is 10. The van der Waals surface area contributed by atoms with Crippen molar-refractivity contribution in [3.8, 4) is 0 Å². The SMILES string of the molecule is CCC=CCC=CCC=CCC=CCC=CCCCC(=O)N[C@@H](C)C(=O)O[C@H](C)[C@H](N)C(=O)OC. The van der Waals surface area contributed by atoms with Crippen LogP contribution in [0.15, 0.2) is 60.8 Å². The lowest BCUT2D eigenvalue weighted by atomic mass is 10.2. The molecule has 0 bridgehead atoms. The van der Waals surface area contributed by atoms with E-state index in [4.69, 9.17) is 10.5 Å². The van der Waals surface area contributed by atoms with E-state index >= 15 is 0 Å². The molecule has 3 atom stereocenters. The highest BCUT2D eigenvalue weighted by molar-refractivity contribution is 5.84. The van der Waals surface area contributed by atoms with Gasteiger partial charge in [0.15, 0.2) is 0 Å². The van der Waals surface area contributed by atoms with E-state index in [1.54, 1.807) is 0 Å². The van der Waals surface area contributed by atoms with Gasteiger partial charge in [0.25, 0.3) is 0 Å². The van der Waals surface area contributed by atoms with Gasteiger partial charge in [-0.2, -0.15) is 0 Å². The van der Waals surface area contributed by atoms with E-state index in [2.05, 4.69) is 77.7 Å². The molecule has 0 saturated carbocycles. The first-order valence-electron chi connectivity index (χ1n) is 12.4. The summed E-state index contributed by atoms with van der Waals surface area (Å²) in [7, 11) is 1.21. The second-order valence-electron chi connectivity index (χ2n) is 8.08. The zero-order chi connectivity index (χ0) is 26.3. The number of esters is 2. The van der Waals surface area contributed by atoms with Crippen molar-refractivity contribution in [2.45, 2.75) is 90.3 Å². The summed E-state index contributed by atoms with van der Waals surface area (Å²) in [6.07, 6.45) is 27.2. The fraction of sp³-hybridized carbons (Fsp3) is 0.536. The van der Waals surface area contributed by atoms with Gasteiger partial charge in [-0.1, -0.05) is 67.7 Å². The molecule has 3 N–H and O–H groups in total. The summed E-state index contributed by atoms with van der Waals surface area (Å²) in [5.74, 6) is -1.55. The van der Waals surface area contributed by atoms with Gasteiger partial charge in [0, 0.05) is 6.42 Å². The molecule has 0 heterocycles. The molecule has 0 spiro atoms. The molecule has 0 aromatic carbocycles. The maximum absolute atomic E-state index is 12.1. The van der Waals surface area contributed by atoms with E-state index in [1.807, 2.05) is 0 Å². The van der Waals surface area contributed by atoms with E-state index in [1.165, 1.54) is 21.0 Å². The number of nitrogens with two attached hydrogens (primary N) is 1. The van der Waals surface area contributed by atoms with Crippen LogP contribution in [0, 0.1) is 0 Å². The lowest BCUT2D eigenvalue weighted by molar-refractivity contribution is -0.157. The number of unbranched alkanes of at least 4 members (excludes halogenated alkanes) is 1. The number of carbonyl (C=O) groups is 3. The number of hydrogen-bond donors (Lipinski definition) is 2. The standard InChI is InChI=1S/C28H44N2O5/c1-5-6-7-8-9-10-11-12-13-14-15-16-17-18-19-20-21-22-25(31)30-23(2)27(32)35-24(3)26(29)28(33)34-4/h6-7,9-10,12-13,15-16,18-19,23-24,26H,5,8,11,14,17,20-22,29H2,1-4H3,(H,30,31)/t23-,24+,26-/m0/s1. The largest absolute Gasteiger partial charge is 0.468 e. The number of hydrogen-bond acceptors (Lipinski definition) is 6. The topological polar surface area (TPSA) is 108 Å². The summed E-state index contributed by atoms with van der Waals surface area (Å²) in [6, 6.07) is -1.90. The summed E-state index contributed by atoms with van der Waals surface area (Å²) >= 11 is 0. The Morgan fingerprint density at radius 3 is 1.77 bits per heavy atom. The third-order valence-corrected chi connectivity index (χ3v) is 4.94. The van der Waals surface area contributed by atoms with Gasteiger partial charge in [-0.25, -0.2) is 4.79 Å². The molecule has 0 aliphatic carbocycles. The van der Waals surface area contributed by atoms with Gasteiger partial charge in [0.05, 0.1) is 7.11 Å². The van der Waals surface area contributed by atoms with Crippen LogP contribution in [-0.2, 0) is 23.9 Å². The smallest absolute Gasteiger partial charge is 0.328 e. The molecule has 0 rings (SSSR count). The Balaban J connectivity index is 3.91. The Hall–Kier alpha value is -2.93. The minimum Gasteiger partial charge on any atom is -0.468 e. The van der Waals surface area contributed by atoms with Crippen LogP contribution in [0.25, 0.3) is 0 Å². The molecule has 35 heavy (non-hydrogen) atoms. The van der Waals surface area contributed by atoms with Gasteiger partial charge < -0.3 is 20.5 Å². The first-order chi connectivity index (χ1) is 16.8. The van der Waals surface area contributed by atoms with Crippen LogP contribution >= 0.6 is 0 Å². The number of nitrogens with one attached hydrogen (secondary N) is 1. The predicted molar refractivity (Wildman–Crippen MR) is 141 cm³/mol. The Labute approximate surface area is 211 Å². The van der Waals surface area contributed by atoms with Crippen molar-refractivity contribution < 1.29 is 23.9 Å². The van der Waals surface area contributed by atoms with Gasteiger partial charge in [-0.3, -0.25) is 9.59 Å². The second-order valence-corrected chi connectivity index (χ2v) is 8.08. The third kappa shape index (κ3) is 18.1. The Kier molecular flexibility index (Phi) is 19.8. The highest BCUT2D eigenvalue weighted by Crippen LogP contribution is 2.03. The molecular weight excluding hydrogens is 444 g/mol. The van der Waals surface area contributed by atoms with Gasteiger partial charge in [0.1, 0.15) is 18.2 Å². The lowest BCUT2D eigenvalue weighted by Crippen LogP contribution is -2.47. The zero-order valence-corrected chi connectivity index (χ0v) is 21.8. The number of amides is 1. The van der Waals surface area contributed by atoms with E-state index in [0.29, 0.717) is 12.8 Å². The fourth-order valence-electron chi connectivity index (χ4n) is 2.81. The molecule has 7 nitrogen and oxygen atoms in total. The molecule has 1 amide bonds. The van der Waals surface area contributed by atoms with Crippen LogP contribution in [0.2, 0.25) is 0 Å². The van der Waals surface area contributed by atoms with Crippen molar-refractivity contribution in [3.63, 3.8) is 0 Å². The average Bonchev–Trinajstić information content (AvgIpc) is 2.84. The van der Waals surface area contributed by atoms with E-state index in [-0.39, 0.29) is 5.91 Å². The maximum Gasteiger partial charge on any atom is 0.328 e. The molecular formula is C28H44N2O5. The summed E-state index contributed by atoms with van der Waals surface area (Å²) in [4.78, 5) is 35.5. The van der Waals surface area contributed by atoms with Crippen molar-refractivity contribution in [2.24, 2.45) is 5.73 Å². The van der Waals surface area contributed by atoms with Crippen molar-refractivity contribution in [3.05, 3.63) is 60.8 Å². The van der Waals surface area contributed by atoms with Gasteiger partial charge in [0.2, 0.25) is 5.91 Å². The van der Waals surface area contributed by atoms with E-state index in [9.17, 15) is 14.4 Å². The van der Waals surface area contributed by atoms with Gasteiger partial charge in [-0.05, 0) is 58.8 Å². The molecule has 0 aromatic rings. The Morgan fingerprint density at radius 1 is 0.800 bits per heavy atom. The summed E-state index contributed by atoms with van der Waals surface area (Å²) in [5, 5.41) is 2.60. The normalized spacial score (nSPS) is 14.8. The van der Waals surface area contributed by atoms with Gasteiger partial charge >= 0.3 is 11.9 Å². The molecule has 0 aromatic heterocycles. The predicted octanol–water partition coefficient (Wildman–Crippen LogP) is 4.84. The minimum atomic E-state index is -1.07. The lowest BCUT2D eigenvalue weighted by Gasteiger charge is -2.21. The number of rotatable bonds is 18. The first kappa shape index (κ1) is 32.1. The van der Waals surface area contributed by atoms with E-state index < -0.39 is 30.1 Å². The van der Waals surface area contributed by atoms with Crippen LogP contribution in [0.1, 0.15) is 72.1 Å².